The molecule has 1 aromatic heterocycles. The predicted molar refractivity (Wildman–Crippen MR) is 74.3 cm³/mol. The van der Waals surface area contributed by atoms with Gasteiger partial charge in [-0.15, -0.1) is 0 Å². The van der Waals surface area contributed by atoms with Crippen LogP contribution >= 0.6 is 0 Å². The molecule has 3 rings (SSSR count). The van der Waals surface area contributed by atoms with E-state index < -0.39 is 11.6 Å². The second-order valence-corrected chi connectivity index (χ2v) is 5.26. The smallest absolute Gasteiger partial charge is 0.204 e. The molecule has 0 saturated heterocycles. The largest absolute Gasteiger partial charge is 0.308 e. The summed E-state index contributed by atoms with van der Waals surface area (Å²) in [5.74, 6) is -1.14. The van der Waals surface area contributed by atoms with Crippen molar-refractivity contribution in [1.82, 2.24) is 15.1 Å². The van der Waals surface area contributed by atoms with Crippen LogP contribution in [-0.2, 0) is 6.54 Å². The summed E-state index contributed by atoms with van der Waals surface area (Å²) in [5, 5.41) is 7.37. The number of nitrogens with one attached hydrogen (secondary N) is 1. The Labute approximate surface area is 120 Å². The van der Waals surface area contributed by atoms with E-state index in [2.05, 4.69) is 10.4 Å². The summed E-state index contributed by atoms with van der Waals surface area (Å²) in [6.45, 7) is 1.97. The van der Waals surface area contributed by atoms with Crippen molar-refractivity contribution in [3.8, 4) is 5.69 Å². The van der Waals surface area contributed by atoms with E-state index in [1.54, 1.807) is 6.92 Å². The minimum atomic E-state index is -0.586. The molecule has 1 N–H and O–H groups in total. The monoisotopic (exact) mass is 291 g/mol. The standard InChI is InChI=1S/C15H15F2N3O/c1-9-6-15(21)13(8-18-11-3-4-11)19-20(9)14-7-10(16)2-5-12(14)17/h2,5-7,11,18H,3-4,8H2,1H3. The quantitative estimate of drug-likeness (QED) is 0.938. The van der Waals surface area contributed by atoms with Gasteiger partial charge in [-0.1, -0.05) is 0 Å². The van der Waals surface area contributed by atoms with Crippen LogP contribution in [0, 0.1) is 18.6 Å². The van der Waals surface area contributed by atoms with Gasteiger partial charge in [-0.3, -0.25) is 4.79 Å². The van der Waals surface area contributed by atoms with E-state index in [9.17, 15) is 13.6 Å². The molecule has 4 nitrogen and oxygen atoms in total. The van der Waals surface area contributed by atoms with E-state index in [-0.39, 0.29) is 11.1 Å². The summed E-state index contributed by atoms with van der Waals surface area (Å²) in [6.07, 6.45) is 2.19. The van der Waals surface area contributed by atoms with Crippen LogP contribution in [0.15, 0.2) is 29.1 Å². The molecular formula is C15H15F2N3O. The first-order valence-electron chi connectivity index (χ1n) is 6.83. The molecule has 1 aliphatic rings. The van der Waals surface area contributed by atoms with Gasteiger partial charge < -0.3 is 5.32 Å². The maximum absolute atomic E-state index is 13.9. The number of halogens is 2. The minimum absolute atomic E-state index is 0.000159. The van der Waals surface area contributed by atoms with E-state index in [1.807, 2.05) is 0 Å². The molecule has 0 radical (unpaired) electrons. The molecular weight excluding hydrogens is 276 g/mol. The third kappa shape index (κ3) is 3.00. The molecule has 0 atom stereocenters. The highest BCUT2D eigenvalue weighted by Gasteiger charge is 2.21. The SMILES string of the molecule is Cc1cc(=O)c(CNC2CC2)nn1-c1cc(F)ccc1F. The zero-order chi connectivity index (χ0) is 15.0. The Hall–Kier alpha value is -2.08. The molecule has 21 heavy (non-hydrogen) atoms. The summed E-state index contributed by atoms with van der Waals surface area (Å²) >= 11 is 0. The van der Waals surface area contributed by atoms with Crippen LogP contribution in [0.5, 0.6) is 0 Å². The average Bonchev–Trinajstić information content (AvgIpc) is 3.25. The first-order valence-corrected chi connectivity index (χ1v) is 6.83. The lowest BCUT2D eigenvalue weighted by Gasteiger charge is -2.12. The Morgan fingerprint density at radius 2 is 2.10 bits per heavy atom. The second-order valence-electron chi connectivity index (χ2n) is 5.26. The average molecular weight is 291 g/mol. The molecule has 6 heteroatoms. The number of aromatic nitrogens is 2. The van der Waals surface area contributed by atoms with E-state index in [4.69, 9.17) is 0 Å². The summed E-state index contributed by atoms with van der Waals surface area (Å²) in [6, 6.07) is 4.99. The summed E-state index contributed by atoms with van der Waals surface area (Å²) < 4.78 is 28.5. The first kappa shape index (κ1) is 13.9. The number of nitrogens with zero attached hydrogens (tertiary/aromatic N) is 2. The molecule has 1 heterocycles. The fraction of sp³-hybridized carbons (Fsp3) is 0.333. The fourth-order valence-corrected chi connectivity index (χ4v) is 2.13. The zero-order valence-electron chi connectivity index (χ0n) is 11.6. The molecule has 2 aromatic rings. The number of aryl methyl sites for hydroxylation is 1. The Morgan fingerprint density at radius 3 is 2.81 bits per heavy atom. The molecule has 1 fully saturated rings. The zero-order valence-corrected chi connectivity index (χ0v) is 11.6. The normalized spacial score (nSPS) is 14.4. The maximum atomic E-state index is 13.9. The van der Waals surface area contributed by atoms with Gasteiger partial charge in [0.15, 0.2) is 0 Å². The summed E-state index contributed by atoms with van der Waals surface area (Å²) in [4.78, 5) is 11.9. The molecule has 0 bridgehead atoms. The lowest BCUT2D eigenvalue weighted by atomic mass is 10.2. The second kappa shape index (κ2) is 5.37. The topological polar surface area (TPSA) is 46.9 Å². The van der Waals surface area contributed by atoms with Crippen molar-refractivity contribution in [3.63, 3.8) is 0 Å². The van der Waals surface area contributed by atoms with Crippen molar-refractivity contribution in [2.75, 3.05) is 0 Å². The first-order chi connectivity index (χ1) is 10.0. The van der Waals surface area contributed by atoms with Gasteiger partial charge in [0.25, 0.3) is 0 Å². The molecule has 0 amide bonds. The van der Waals surface area contributed by atoms with Gasteiger partial charge in [0, 0.05) is 30.4 Å². The molecule has 110 valence electrons. The van der Waals surface area contributed by atoms with Gasteiger partial charge in [0.2, 0.25) is 5.43 Å². The van der Waals surface area contributed by atoms with Crippen LogP contribution in [0.1, 0.15) is 24.2 Å². The van der Waals surface area contributed by atoms with Gasteiger partial charge >= 0.3 is 0 Å². The van der Waals surface area contributed by atoms with Crippen molar-refractivity contribution in [1.29, 1.82) is 0 Å². The highest BCUT2D eigenvalue weighted by molar-refractivity contribution is 5.35. The van der Waals surface area contributed by atoms with Crippen molar-refractivity contribution in [2.24, 2.45) is 0 Å². The third-order valence-electron chi connectivity index (χ3n) is 3.45. The van der Waals surface area contributed by atoms with Crippen molar-refractivity contribution in [3.05, 3.63) is 57.5 Å². The molecule has 1 aliphatic carbocycles. The van der Waals surface area contributed by atoms with Gasteiger partial charge in [0.1, 0.15) is 23.0 Å². The number of hydrogen-bond acceptors (Lipinski definition) is 3. The van der Waals surface area contributed by atoms with E-state index in [0.29, 0.717) is 24.0 Å². The molecule has 1 aromatic carbocycles. The van der Waals surface area contributed by atoms with Gasteiger partial charge in [0.05, 0.1) is 0 Å². The molecule has 0 spiro atoms. The predicted octanol–water partition coefficient (Wildman–Crippen LogP) is 2.07. The Kier molecular flexibility index (Phi) is 3.55. The van der Waals surface area contributed by atoms with Crippen LogP contribution < -0.4 is 10.7 Å². The molecule has 0 aliphatic heterocycles. The third-order valence-corrected chi connectivity index (χ3v) is 3.45. The fourth-order valence-electron chi connectivity index (χ4n) is 2.13. The molecule has 1 saturated carbocycles. The highest BCUT2D eigenvalue weighted by Crippen LogP contribution is 2.19. The molecule has 0 unspecified atom stereocenters. The van der Waals surface area contributed by atoms with Gasteiger partial charge in [-0.25, -0.2) is 13.5 Å². The van der Waals surface area contributed by atoms with E-state index in [0.717, 1.165) is 31.0 Å². The highest BCUT2D eigenvalue weighted by atomic mass is 19.1. The summed E-state index contributed by atoms with van der Waals surface area (Å²) in [7, 11) is 0. The van der Waals surface area contributed by atoms with Crippen LogP contribution in [0.25, 0.3) is 5.69 Å². The summed E-state index contributed by atoms with van der Waals surface area (Å²) in [5.41, 5.74) is 0.560. The van der Waals surface area contributed by atoms with Crippen LogP contribution in [0.2, 0.25) is 0 Å². The Balaban J connectivity index is 2.02. The van der Waals surface area contributed by atoms with Crippen LogP contribution in [-0.4, -0.2) is 15.8 Å². The lowest BCUT2D eigenvalue weighted by Crippen LogP contribution is -2.26. The Morgan fingerprint density at radius 1 is 1.33 bits per heavy atom. The van der Waals surface area contributed by atoms with E-state index >= 15 is 0 Å². The van der Waals surface area contributed by atoms with Crippen molar-refractivity contribution >= 4 is 0 Å². The number of rotatable bonds is 4. The van der Waals surface area contributed by atoms with Gasteiger partial charge in [-0.05, 0) is 31.9 Å². The van der Waals surface area contributed by atoms with E-state index in [1.165, 1.54) is 10.7 Å². The van der Waals surface area contributed by atoms with Crippen LogP contribution in [0.4, 0.5) is 8.78 Å². The lowest BCUT2D eigenvalue weighted by molar-refractivity contribution is 0.576. The minimum Gasteiger partial charge on any atom is -0.308 e. The number of hydrogen-bond donors (Lipinski definition) is 1. The number of benzene rings is 1. The Bertz CT molecular complexity index is 738. The van der Waals surface area contributed by atoms with Crippen LogP contribution in [0.3, 0.4) is 0 Å². The maximum Gasteiger partial charge on any atom is 0.204 e. The van der Waals surface area contributed by atoms with Crippen molar-refractivity contribution < 1.29 is 8.78 Å². The van der Waals surface area contributed by atoms with Gasteiger partial charge in [-0.2, -0.15) is 5.10 Å². The van der Waals surface area contributed by atoms with Crippen molar-refractivity contribution in [2.45, 2.75) is 32.4 Å².